The molecule has 0 aromatic heterocycles. The highest BCUT2D eigenvalue weighted by atomic mass is 35.5. The van der Waals surface area contributed by atoms with Crippen LogP contribution in [0.2, 0.25) is 5.02 Å². The van der Waals surface area contributed by atoms with Gasteiger partial charge in [0.25, 0.3) is 0 Å². The summed E-state index contributed by atoms with van der Waals surface area (Å²) in [6, 6.07) is 13.8. The SMILES string of the molecule is CCC(NC(=O)CCS(=O)(=O)c1ccc(C)cc1)c1ccc(Cl)cc1. The maximum atomic E-state index is 12.3. The Labute approximate surface area is 154 Å². The van der Waals surface area contributed by atoms with Gasteiger partial charge in [0.2, 0.25) is 5.91 Å². The first-order valence-corrected chi connectivity index (χ1v) is 10.2. The van der Waals surface area contributed by atoms with E-state index in [1.807, 2.05) is 26.0 Å². The number of sulfone groups is 1. The third-order valence-corrected chi connectivity index (χ3v) is 5.98. The molecule has 134 valence electrons. The van der Waals surface area contributed by atoms with Crippen molar-refractivity contribution < 1.29 is 13.2 Å². The molecule has 1 atom stereocenters. The number of benzene rings is 2. The van der Waals surface area contributed by atoms with Crippen LogP contribution in [0.5, 0.6) is 0 Å². The molecule has 1 amide bonds. The molecule has 2 aromatic rings. The third kappa shape index (κ3) is 5.58. The zero-order chi connectivity index (χ0) is 18.4. The van der Waals surface area contributed by atoms with Gasteiger partial charge in [0.1, 0.15) is 0 Å². The molecule has 6 heteroatoms. The lowest BCUT2D eigenvalue weighted by molar-refractivity contribution is -0.121. The number of hydrogen-bond acceptors (Lipinski definition) is 3. The van der Waals surface area contributed by atoms with Gasteiger partial charge in [-0.1, -0.05) is 48.4 Å². The Kier molecular flexibility index (Phi) is 6.62. The predicted molar refractivity (Wildman–Crippen MR) is 100 cm³/mol. The lowest BCUT2D eigenvalue weighted by Gasteiger charge is -2.17. The molecule has 0 saturated heterocycles. The molecule has 0 aliphatic heterocycles. The zero-order valence-corrected chi connectivity index (χ0v) is 15.9. The Morgan fingerprint density at radius 3 is 2.24 bits per heavy atom. The van der Waals surface area contributed by atoms with Crippen LogP contribution in [0.15, 0.2) is 53.4 Å². The van der Waals surface area contributed by atoms with Gasteiger partial charge in [-0.2, -0.15) is 0 Å². The van der Waals surface area contributed by atoms with Gasteiger partial charge >= 0.3 is 0 Å². The summed E-state index contributed by atoms with van der Waals surface area (Å²) in [6.45, 7) is 3.86. The fourth-order valence-electron chi connectivity index (χ4n) is 2.47. The van der Waals surface area contributed by atoms with Gasteiger partial charge in [-0.3, -0.25) is 4.79 Å². The Balaban J connectivity index is 1.97. The molecular formula is C19H22ClNO3S. The zero-order valence-electron chi connectivity index (χ0n) is 14.3. The summed E-state index contributed by atoms with van der Waals surface area (Å²) in [5, 5.41) is 3.52. The van der Waals surface area contributed by atoms with Crippen LogP contribution in [0.25, 0.3) is 0 Å². The second-order valence-electron chi connectivity index (χ2n) is 5.96. The summed E-state index contributed by atoms with van der Waals surface area (Å²) < 4.78 is 24.6. The van der Waals surface area contributed by atoms with E-state index in [0.717, 1.165) is 11.1 Å². The van der Waals surface area contributed by atoms with Crippen LogP contribution in [-0.2, 0) is 14.6 Å². The molecule has 2 aromatic carbocycles. The third-order valence-electron chi connectivity index (χ3n) is 3.99. The smallest absolute Gasteiger partial charge is 0.221 e. The van der Waals surface area contributed by atoms with E-state index < -0.39 is 9.84 Å². The van der Waals surface area contributed by atoms with Crippen molar-refractivity contribution in [1.82, 2.24) is 5.32 Å². The van der Waals surface area contributed by atoms with Gasteiger partial charge in [-0.25, -0.2) is 8.42 Å². The molecule has 0 aliphatic carbocycles. The molecule has 0 saturated carbocycles. The van der Waals surface area contributed by atoms with Gasteiger partial charge in [0.15, 0.2) is 9.84 Å². The molecule has 4 nitrogen and oxygen atoms in total. The van der Waals surface area contributed by atoms with Crippen molar-refractivity contribution in [2.75, 3.05) is 5.75 Å². The van der Waals surface area contributed by atoms with E-state index in [0.29, 0.717) is 11.4 Å². The van der Waals surface area contributed by atoms with Gasteiger partial charge in [0, 0.05) is 11.4 Å². The molecule has 0 aliphatic rings. The van der Waals surface area contributed by atoms with E-state index in [1.165, 1.54) is 0 Å². The normalized spacial score (nSPS) is 12.6. The molecule has 0 fully saturated rings. The first kappa shape index (κ1) is 19.5. The fraction of sp³-hybridized carbons (Fsp3) is 0.316. The molecule has 1 unspecified atom stereocenters. The van der Waals surface area contributed by atoms with Crippen molar-refractivity contribution in [3.8, 4) is 0 Å². The second-order valence-corrected chi connectivity index (χ2v) is 8.51. The van der Waals surface area contributed by atoms with E-state index in [9.17, 15) is 13.2 Å². The largest absolute Gasteiger partial charge is 0.349 e. The van der Waals surface area contributed by atoms with Crippen molar-refractivity contribution in [3.63, 3.8) is 0 Å². The molecular weight excluding hydrogens is 358 g/mol. The first-order chi connectivity index (χ1) is 11.8. The summed E-state index contributed by atoms with van der Waals surface area (Å²) in [5.74, 6) is -0.489. The van der Waals surface area contributed by atoms with E-state index in [-0.39, 0.29) is 29.0 Å². The van der Waals surface area contributed by atoms with Crippen LogP contribution in [-0.4, -0.2) is 20.1 Å². The predicted octanol–water partition coefficient (Wildman–Crippen LogP) is 4.08. The van der Waals surface area contributed by atoms with Crippen molar-refractivity contribution >= 4 is 27.3 Å². The number of nitrogens with one attached hydrogen (secondary N) is 1. The quantitative estimate of drug-likeness (QED) is 0.788. The monoisotopic (exact) mass is 379 g/mol. The minimum atomic E-state index is -3.46. The standard InChI is InChI=1S/C19H22ClNO3S/c1-3-18(15-6-8-16(20)9-7-15)21-19(22)12-13-25(23,24)17-10-4-14(2)5-11-17/h4-11,18H,3,12-13H2,1-2H3,(H,21,22). The van der Waals surface area contributed by atoms with Gasteiger partial charge in [0.05, 0.1) is 16.7 Å². The lowest BCUT2D eigenvalue weighted by atomic mass is 10.0. The molecule has 0 bridgehead atoms. The highest BCUT2D eigenvalue weighted by Crippen LogP contribution is 2.19. The Morgan fingerprint density at radius 2 is 1.68 bits per heavy atom. The van der Waals surface area contributed by atoms with Crippen LogP contribution >= 0.6 is 11.6 Å². The number of carbonyl (C=O) groups is 1. The highest BCUT2D eigenvalue weighted by Gasteiger charge is 2.18. The fourth-order valence-corrected chi connectivity index (χ4v) is 3.84. The number of hydrogen-bond donors (Lipinski definition) is 1. The molecule has 1 N–H and O–H groups in total. The minimum Gasteiger partial charge on any atom is -0.349 e. The maximum absolute atomic E-state index is 12.3. The number of carbonyl (C=O) groups excluding carboxylic acids is 1. The first-order valence-electron chi connectivity index (χ1n) is 8.16. The van der Waals surface area contributed by atoms with Crippen molar-refractivity contribution in [2.45, 2.75) is 37.6 Å². The number of amides is 1. The van der Waals surface area contributed by atoms with Crippen molar-refractivity contribution in [1.29, 1.82) is 0 Å². The van der Waals surface area contributed by atoms with E-state index >= 15 is 0 Å². The van der Waals surface area contributed by atoms with Crippen LogP contribution in [0.3, 0.4) is 0 Å². The molecule has 25 heavy (non-hydrogen) atoms. The van der Waals surface area contributed by atoms with Gasteiger partial charge < -0.3 is 5.32 Å². The minimum absolute atomic E-state index is 0.0691. The number of aryl methyl sites for hydroxylation is 1. The van der Waals surface area contributed by atoms with Gasteiger partial charge in [-0.05, 0) is 43.2 Å². The summed E-state index contributed by atoms with van der Waals surface area (Å²) in [5.41, 5.74) is 1.94. The average Bonchev–Trinajstić information content (AvgIpc) is 2.59. The molecule has 2 rings (SSSR count). The van der Waals surface area contributed by atoms with Crippen LogP contribution in [0.4, 0.5) is 0 Å². The van der Waals surface area contributed by atoms with E-state index in [4.69, 9.17) is 11.6 Å². The van der Waals surface area contributed by atoms with E-state index in [1.54, 1.807) is 36.4 Å². The van der Waals surface area contributed by atoms with E-state index in [2.05, 4.69) is 5.32 Å². The van der Waals surface area contributed by atoms with Crippen LogP contribution in [0.1, 0.15) is 36.9 Å². The highest BCUT2D eigenvalue weighted by molar-refractivity contribution is 7.91. The van der Waals surface area contributed by atoms with Crippen LogP contribution in [0, 0.1) is 6.92 Å². The maximum Gasteiger partial charge on any atom is 0.221 e. The van der Waals surface area contributed by atoms with Crippen molar-refractivity contribution in [2.24, 2.45) is 0 Å². The topological polar surface area (TPSA) is 63.2 Å². The molecule has 0 heterocycles. The molecule has 0 radical (unpaired) electrons. The summed E-state index contributed by atoms with van der Waals surface area (Å²) in [6.07, 6.45) is 0.637. The van der Waals surface area contributed by atoms with Crippen molar-refractivity contribution in [3.05, 3.63) is 64.7 Å². The Hall–Kier alpha value is -1.85. The van der Waals surface area contributed by atoms with Crippen LogP contribution < -0.4 is 5.32 Å². The second kappa shape index (κ2) is 8.50. The average molecular weight is 380 g/mol. The summed E-state index contributed by atoms with van der Waals surface area (Å²) >= 11 is 5.88. The Morgan fingerprint density at radius 1 is 1.08 bits per heavy atom. The Bertz CT molecular complexity index is 815. The lowest BCUT2D eigenvalue weighted by Crippen LogP contribution is -2.29. The summed E-state index contributed by atoms with van der Waals surface area (Å²) in [7, 11) is -3.46. The van der Waals surface area contributed by atoms with Gasteiger partial charge in [-0.15, -0.1) is 0 Å². The number of halogens is 1. The molecule has 0 spiro atoms. The number of rotatable bonds is 7. The summed E-state index contributed by atoms with van der Waals surface area (Å²) in [4.78, 5) is 12.4.